The monoisotopic (exact) mass is 578 g/mol. The number of nitrogens with zero attached hydrogens (tertiary/aromatic N) is 4. The summed E-state index contributed by atoms with van der Waals surface area (Å²) in [7, 11) is 1.44. The smallest absolute Gasteiger partial charge is 0.267 e. The molecule has 1 aliphatic rings. The molecule has 1 amide bonds. The van der Waals surface area contributed by atoms with Crippen molar-refractivity contribution in [2.45, 2.75) is 18.9 Å². The van der Waals surface area contributed by atoms with E-state index in [0.717, 1.165) is 12.8 Å². The zero-order valence-electron chi connectivity index (χ0n) is 22.1. The lowest BCUT2D eigenvalue weighted by molar-refractivity contribution is -0.124. The molecule has 1 aromatic heterocycles. The Labute approximate surface area is 242 Å². The van der Waals surface area contributed by atoms with E-state index in [0.29, 0.717) is 47.7 Å². The van der Waals surface area contributed by atoms with Crippen molar-refractivity contribution >= 4 is 24.1 Å². The minimum Gasteiger partial charge on any atom is -0.504 e. The molecule has 0 radical (unpaired) electrons. The van der Waals surface area contributed by atoms with E-state index in [1.165, 1.54) is 36.9 Å². The maximum absolute atomic E-state index is 14.7. The number of carbonyl (C=O) groups excluding carboxylic acids is 1. The second-order valence-corrected chi connectivity index (χ2v) is 9.10. The van der Waals surface area contributed by atoms with E-state index in [2.05, 4.69) is 16.4 Å². The van der Waals surface area contributed by atoms with Gasteiger partial charge in [-0.1, -0.05) is 18.2 Å². The number of pyridine rings is 1. The zero-order valence-corrected chi connectivity index (χ0v) is 22.9. The largest absolute Gasteiger partial charge is 0.504 e. The third kappa shape index (κ3) is 6.91. The number of hydroxylamine groups is 1. The van der Waals surface area contributed by atoms with E-state index in [1.54, 1.807) is 30.5 Å². The molecule has 1 fully saturated rings. The molecule has 2 aromatic carbocycles. The van der Waals surface area contributed by atoms with E-state index in [4.69, 9.17) is 9.94 Å². The Kier molecular flexibility index (Phi) is 10.6. The molecule has 12 heteroatoms. The number of piperidine rings is 1. The summed E-state index contributed by atoms with van der Waals surface area (Å²) in [5, 5.41) is 41.8. The van der Waals surface area contributed by atoms with Gasteiger partial charge in [0.2, 0.25) is 0 Å². The fourth-order valence-electron chi connectivity index (χ4n) is 4.72. The molecule has 0 saturated carbocycles. The highest BCUT2D eigenvalue weighted by Crippen LogP contribution is 2.41. The van der Waals surface area contributed by atoms with Gasteiger partial charge in [0.1, 0.15) is 29.3 Å². The van der Waals surface area contributed by atoms with Crippen LogP contribution >= 0.6 is 12.4 Å². The van der Waals surface area contributed by atoms with Crippen LogP contribution in [0.4, 0.5) is 10.2 Å². The number of carbonyl (C=O) groups is 1. The van der Waals surface area contributed by atoms with Gasteiger partial charge in [-0.3, -0.25) is 10.0 Å². The molecule has 10 nitrogen and oxygen atoms in total. The Hall–Kier alpha value is -4.68. The first-order chi connectivity index (χ1) is 19.4. The first-order valence-electron chi connectivity index (χ1n) is 12.5. The van der Waals surface area contributed by atoms with Gasteiger partial charge in [0.25, 0.3) is 5.91 Å². The number of nitriles is 2. The summed E-state index contributed by atoms with van der Waals surface area (Å²) in [4.78, 5) is 17.7. The number of anilines is 1. The number of hydrogen-bond donors (Lipinski definition) is 4. The van der Waals surface area contributed by atoms with Gasteiger partial charge < -0.3 is 20.1 Å². The van der Waals surface area contributed by atoms with Crippen LogP contribution in [0.1, 0.15) is 24.0 Å². The summed E-state index contributed by atoms with van der Waals surface area (Å²) in [6.45, 7) is 1.66. The average Bonchev–Trinajstić information content (AvgIpc) is 2.98. The second kappa shape index (κ2) is 14.1. The molecule has 3 aromatic rings. The van der Waals surface area contributed by atoms with E-state index >= 15 is 0 Å². The number of amides is 1. The topological polar surface area (TPSA) is 155 Å². The Balaban J connectivity index is 0.00000462. The summed E-state index contributed by atoms with van der Waals surface area (Å²) in [6.07, 6.45) is 5.96. The minimum absolute atomic E-state index is 0. The molecule has 0 bridgehead atoms. The quantitative estimate of drug-likeness (QED) is 0.176. The number of hydrogen-bond acceptors (Lipinski definition) is 9. The SMILES string of the molecule is COc1ccc(-c2cnc(N3CCC(NC/C=C/C(=O)NO)CC3)c(C#N)c2-c2ccc(C#N)c(F)c2)cc1O.Cl. The minimum atomic E-state index is -0.705. The van der Waals surface area contributed by atoms with Crippen LogP contribution in [0.5, 0.6) is 11.5 Å². The molecule has 0 spiro atoms. The lowest BCUT2D eigenvalue weighted by Crippen LogP contribution is -2.43. The Bertz CT molecular complexity index is 1530. The third-order valence-corrected chi connectivity index (χ3v) is 6.74. The number of ether oxygens (including phenoxy) is 1. The van der Waals surface area contributed by atoms with Crippen molar-refractivity contribution < 1.29 is 24.2 Å². The lowest BCUT2D eigenvalue weighted by Gasteiger charge is -2.34. The average molecular weight is 579 g/mol. The Morgan fingerprint density at radius 3 is 2.54 bits per heavy atom. The van der Waals surface area contributed by atoms with Gasteiger partial charge in [-0.25, -0.2) is 14.9 Å². The van der Waals surface area contributed by atoms with Crippen LogP contribution in [-0.2, 0) is 4.79 Å². The van der Waals surface area contributed by atoms with Crippen LogP contribution in [0.2, 0.25) is 0 Å². The van der Waals surface area contributed by atoms with Gasteiger partial charge in [0.05, 0.1) is 12.7 Å². The number of benzene rings is 2. The first-order valence-corrected chi connectivity index (χ1v) is 12.5. The van der Waals surface area contributed by atoms with Gasteiger partial charge in [0.15, 0.2) is 11.5 Å². The van der Waals surface area contributed by atoms with Crippen molar-refractivity contribution in [3.05, 3.63) is 71.7 Å². The molecule has 1 saturated heterocycles. The highest BCUT2D eigenvalue weighted by molar-refractivity contribution is 5.90. The summed E-state index contributed by atoms with van der Waals surface area (Å²) in [5.74, 6) is -0.660. The summed E-state index contributed by atoms with van der Waals surface area (Å²) in [5.41, 5.74) is 3.59. The van der Waals surface area contributed by atoms with Crippen LogP contribution in [-0.4, -0.2) is 54.0 Å². The first kappa shape index (κ1) is 30.9. The highest BCUT2D eigenvalue weighted by Gasteiger charge is 2.26. The van der Waals surface area contributed by atoms with Crippen molar-refractivity contribution in [1.82, 2.24) is 15.8 Å². The number of phenolic OH excluding ortho intramolecular Hbond substituents is 1. The van der Waals surface area contributed by atoms with E-state index < -0.39 is 11.7 Å². The van der Waals surface area contributed by atoms with Crippen molar-refractivity contribution in [1.29, 1.82) is 10.5 Å². The number of phenols is 1. The fraction of sp³-hybridized carbons (Fsp3) is 0.241. The summed E-state index contributed by atoms with van der Waals surface area (Å²) < 4.78 is 19.9. The number of rotatable bonds is 8. The highest BCUT2D eigenvalue weighted by atomic mass is 35.5. The number of aromatic nitrogens is 1. The Morgan fingerprint density at radius 1 is 1.20 bits per heavy atom. The maximum Gasteiger partial charge on any atom is 0.267 e. The molecule has 0 aliphatic carbocycles. The van der Waals surface area contributed by atoms with Gasteiger partial charge in [-0.2, -0.15) is 10.5 Å². The van der Waals surface area contributed by atoms with Gasteiger partial charge in [0, 0.05) is 49.1 Å². The standard InChI is InChI=1S/C29H27FN6O4.ClH/c1-40-26-7-6-18(14-25(26)37)23-17-34-29(22(16-32)28(23)19-4-5-20(15-31)24(30)13-19)36-11-8-21(9-12-36)33-10-2-3-27(38)35-39;/h2-7,13-14,17,21,33,37,39H,8-12H2,1H3,(H,35,38);1H/b3-2+;. The molecule has 4 N–H and O–H groups in total. The van der Waals surface area contributed by atoms with E-state index in [9.17, 15) is 24.8 Å². The normalized spacial score (nSPS) is 13.2. The van der Waals surface area contributed by atoms with Crippen LogP contribution < -0.4 is 20.4 Å². The predicted molar refractivity (Wildman–Crippen MR) is 152 cm³/mol. The van der Waals surface area contributed by atoms with Crippen molar-refractivity contribution in [3.63, 3.8) is 0 Å². The molecule has 2 heterocycles. The number of nitrogens with one attached hydrogen (secondary N) is 2. The molecule has 41 heavy (non-hydrogen) atoms. The molecule has 4 rings (SSSR count). The Morgan fingerprint density at radius 2 is 1.93 bits per heavy atom. The maximum atomic E-state index is 14.7. The van der Waals surface area contributed by atoms with Gasteiger partial charge in [-0.15, -0.1) is 12.4 Å². The van der Waals surface area contributed by atoms with Gasteiger partial charge in [-0.05, 0) is 48.2 Å². The number of halogens is 2. The van der Waals surface area contributed by atoms with Crippen molar-refractivity contribution in [3.8, 4) is 45.9 Å². The summed E-state index contributed by atoms with van der Waals surface area (Å²) >= 11 is 0. The van der Waals surface area contributed by atoms with Gasteiger partial charge >= 0.3 is 0 Å². The number of aromatic hydroxyl groups is 1. The number of methoxy groups -OCH3 is 1. The molecular weight excluding hydrogens is 551 g/mol. The van der Waals surface area contributed by atoms with Crippen LogP contribution in [0, 0.1) is 28.5 Å². The fourth-order valence-corrected chi connectivity index (χ4v) is 4.72. The van der Waals surface area contributed by atoms with E-state index in [-0.39, 0.29) is 41.1 Å². The van der Waals surface area contributed by atoms with Crippen molar-refractivity contribution in [2.24, 2.45) is 0 Å². The molecule has 0 atom stereocenters. The van der Waals surface area contributed by atoms with Crippen molar-refractivity contribution in [2.75, 3.05) is 31.6 Å². The van der Waals surface area contributed by atoms with Crippen LogP contribution in [0.3, 0.4) is 0 Å². The van der Waals surface area contributed by atoms with Crippen LogP contribution in [0.15, 0.2) is 54.7 Å². The summed E-state index contributed by atoms with van der Waals surface area (Å²) in [6, 6.07) is 13.3. The zero-order chi connectivity index (χ0) is 28.6. The molecule has 1 aliphatic heterocycles. The lowest BCUT2D eigenvalue weighted by atomic mass is 9.91. The molecular formula is C29H28ClFN6O4. The predicted octanol–water partition coefficient (Wildman–Crippen LogP) is 4.05. The second-order valence-electron chi connectivity index (χ2n) is 9.10. The van der Waals surface area contributed by atoms with Crippen LogP contribution in [0.25, 0.3) is 22.3 Å². The third-order valence-electron chi connectivity index (χ3n) is 6.74. The van der Waals surface area contributed by atoms with E-state index in [1.807, 2.05) is 11.0 Å². The molecule has 0 unspecified atom stereocenters. The molecule has 212 valence electrons.